The lowest BCUT2D eigenvalue weighted by atomic mass is 9.84. The van der Waals surface area contributed by atoms with Crippen LogP contribution in [0.15, 0.2) is 0 Å². The van der Waals surface area contributed by atoms with Gasteiger partial charge in [-0.2, -0.15) is 0 Å². The van der Waals surface area contributed by atoms with Crippen molar-refractivity contribution in [2.45, 2.75) is 45.6 Å². The molecule has 0 amide bonds. The number of aliphatic hydroxyl groups is 2. The smallest absolute Gasteiger partial charge is 0.0773 e. The fourth-order valence-corrected chi connectivity index (χ4v) is 1.93. The Bertz CT molecular complexity index is 142. The number of rotatable bonds is 9. The largest absolute Gasteiger partial charge is 0.394 e. The van der Waals surface area contributed by atoms with E-state index in [1.54, 1.807) is 0 Å². The van der Waals surface area contributed by atoms with E-state index in [1.807, 2.05) is 7.05 Å². The molecule has 0 saturated heterocycles. The Morgan fingerprint density at radius 3 is 2.47 bits per heavy atom. The van der Waals surface area contributed by atoms with Gasteiger partial charge in [0, 0.05) is 0 Å². The molecule has 0 aromatic carbocycles. The third-order valence-electron chi connectivity index (χ3n) is 3.24. The summed E-state index contributed by atoms with van der Waals surface area (Å²) in [5, 5.41) is 21.4. The van der Waals surface area contributed by atoms with Crippen molar-refractivity contribution in [2.75, 3.05) is 20.2 Å². The van der Waals surface area contributed by atoms with E-state index in [4.69, 9.17) is 5.11 Å². The number of hydrogen-bond donors (Lipinski definition) is 3. The molecule has 0 fully saturated rings. The number of hydrogen-bond acceptors (Lipinski definition) is 3. The second-order valence-electron chi connectivity index (χ2n) is 4.46. The van der Waals surface area contributed by atoms with Crippen LogP contribution in [0.4, 0.5) is 0 Å². The summed E-state index contributed by atoms with van der Waals surface area (Å²) in [7, 11) is 1.96. The molecule has 0 saturated carbocycles. The molecule has 0 spiro atoms. The van der Waals surface area contributed by atoms with Crippen molar-refractivity contribution in [1.29, 1.82) is 0 Å². The summed E-state index contributed by atoms with van der Waals surface area (Å²) in [6.07, 6.45) is 3.60. The molecule has 0 aliphatic carbocycles. The highest BCUT2D eigenvalue weighted by Crippen LogP contribution is 2.25. The van der Waals surface area contributed by atoms with Crippen LogP contribution in [-0.2, 0) is 0 Å². The van der Waals surface area contributed by atoms with E-state index in [0.29, 0.717) is 11.8 Å². The highest BCUT2D eigenvalue weighted by atomic mass is 16.3. The molecule has 3 N–H and O–H groups in total. The van der Waals surface area contributed by atoms with Crippen LogP contribution in [0.3, 0.4) is 0 Å². The van der Waals surface area contributed by atoms with E-state index < -0.39 is 6.10 Å². The van der Waals surface area contributed by atoms with Crippen molar-refractivity contribution in [3.8, 4) is 0 Å². The van der Waals surface area contributed by atoms with Crippen molar-refractivity contribution in [3.63, 3.8) is 0 Å². The zero-order valence-electron chi connectivity index (χ0n) is 10.4. The van der Waals surface area contributed by atoms with Gasteiger partial charge in [0.2, 0.25) is 0 Å². The number of nitrogens with one attached hydrogen (secondary N) is 1. The monoisotopic (exact) mass is 217 g/mol. The van der Waals surface area contributed by atoms with Crippen LogP contribution < -0.4 is 5.32 Å². The number of aliphatic hydroxyl groups excluding tert-OH is 2. The molecule has 92 valence electrons. The quantitative estimate of drug-likeness (QED) is 0.512. The van der Waals surface area contributed by atoms with Crippen LogP contribution >= 0.6 is 0 Å². The van der Waals surface area contributed by atoms with Crippen molar-refractivity contribution < 1.29 is 10.2 Å². The molecule has 0 aromatic heterocycles. The van der Waals surface area contributed by atoms with Crippen molar-refractivity contribution >= 4 is 0 Å². The van der Waals surface area contributed by atoms with Crippen molar-refractivity contribution in [2.24, 2.45) is 11.8 Å². The molecule has 0 aromatic rings. The summed E-state index contributed by atoms with van der Waals surface area (Å²) in [6, 6.07) is 0. The Labute approximate surface area is 93.9 Å². The van der Waals surface area contributed by atoms with Gasteiger partial charge < -0.3 is 15.5 Å². The summed E-state index contributed by atoms with van der Waals surface area (Å²) in [5.41, 5.74) is 0. The molecule has 0 aliphatic rings. The molecule has 15 heavy (non-hydrogen) atoms. The minimum Gasteiger partial charge on any atom is -0.394 e. The Balaban J connectivity index is 3.94. The maximum atomic E-state index is 9.46. The molecule has 2 unspecified atom stereocenters. The predicted octanol–water partition coefficient (Wildman–Crippen LogP) is 1.39. The van der Waals surface area contributed by atoms with E-state index in [1.165, 1.54) is 0 Å². The minimum atomic E-state index is -0.543. The van der Waals surface area contributed by atoms with Crippen LogP contribution in [0.5, 0.6) is 0 Å². The fraction of sp³-hybridized carbons (Fsp3) is 1.00. The van der Waals surface area contributed by atoms with Crippen LogP contribution in [0.25, 0.3) is 0 Å². The Kier molecular flexibility index (Phi) is 9.06. The minimum absolute atomic E-state index is 0.112. The Morgan fingerprint density at radius 2 is 2.00 bits per heavy atom. The van der Waals surface area contributed by atoms with Gasteiger partial charge in [0.1, 0.15) is 0 Å². The van der Waals surface area contributed by atoms with Gasteiger partial charge in [-0.3, -0.25) is 0 Å². The summed E-state index contributed by atoms with van der Waals surface area (Å²) < 4.78 is 0. The van der Waals surface area contributed by atoms with Crippen LogP contribution in [0, 0.1) is 11.8 Å². The molecular weight excluding hydrogens is 190 g/mol. The second kappa shape index (κ2) is 9.13. The zero-order valence-corrected chi connectivity index (χ0v) is 10.4. The second-order valence-corrected chi connectivity index (χ2v) is 4.46. The lowest BCUT2D eigenvalue weighted by Crippen LogP contribution is -2.22. The third-order valence-corrected chi connectivity index (χ3v) is 3.24. The summed E-state index contributed by atoms with van der Waals surface area (Å²) in [5.74, 6) is 1.16. The molecule has 0 radical (unpaired) electrons. The predicted molar refractivity (Wildman–Crippen MR) is 63.8 cm³/mol. The molecule has 0 bridgehead atoms. The molecule has 3 nitrogen and oxygen atoms in total. The van der Waals surface area contributed by atoms with Crippen molar-refractivity contribution in [3.05, 3.63) is 0 Å². The summed E-state index contributed by atoms with van der Waals surface area (Å²) in [6.45, 7) is 5.33. The third kappa shape index (κ3) is 6.88. The van der Waals surface area contributed by atoms with Gasteiger partial charge in [-0.05, 0) is 44.7 Å². The standard InChI is InChI=1S/C12H27NO2/c1-4-10(2)11(6-5-7-13-3)8-12(15)9-14/h10-15H,4-9H2,1-3H3/t10?,11?,12-/m0/s1. The average Bonchev–Trinajstić information content (AvgIpc) is 2.26. The van der Waals surface area contributed by atoms with Gasteiger partial charge in [-0.1, -0.05) is 20.3 Å². The summed E-state index contributed by atoms with van der Waals surface area (Å²) >= 11 is 0. The first-order valence-corrected chi connectivity index (χ1v) is 6.09. The van der Waals surface area contributed by atoms with E-state index >= 15 is 0 Å². The Morgan fingerprint density at radius 1 is 1.33 bits per heavy atom. The lowest BCUT2D eigenvalue weighted by Gasteiger charge is -2.24. The fourth-order valence-electron chi connectivity index (χ4n) is 1.93. The molecule has 0 rings (SSSR count). The van der Waals surface area contributed by atoms with E-state index in [9.17, 15) is 5.11 Å². The first kappa shape index (κ1) is 14.9. The van der Waals surface area contributed by atoms with Crippen molar-refractivity contribution in [1.82, 2.24) is 5.32 Å². The van der Waals surface area contributed by atoms with Gasteiger partial charge in [-0.15, -0.1) is 0 Å². The lowest BCUT2D eigenvalue weighted by molar-refractivity contribution is 0.0629. The van der Waals surface area contributed by atoms with E-state index in [2.05, 4.69) is 19.2 Å². The first-order valence-electron chi connectivity index (χ1n) is 6.09. The highest BCUT2D eigenvalue weighted by Gasteiger charge is 2.18. The molecule has 0 heterocycles. The van der Waals surface area contributed by atoms with Gasteiger partial charge in [0.05, 0.1) is 12.7 Å². The van der Waals surface area contributed by atoms with Crippen LogP contribution in [0.2, 0.25) is 0 Å². The average molecular weight is 217 g/mol. The van der Waals surface area contributed by atoms with E-state index in [0.717, 1.165) is 32.2 Å². The van der Waals surface area contributed by atoms with Gasteiger partial charge in [0.15, 0.2) is 0 Å². The Hall–Kier alpha value is -0.120. The maximum absolute atomic E-state index is 9.46. The molecule has 3 heteroatoms. The molecule has 0 aliphatic heterocycles. The molecule has 3 atom stereocenters. The first-order chi connectivity index (χ1) is 7.15. The SMILES string of the molecule is CCC(C)C(CCCNC)C[C@H](O)CO. The normalized spacial score (nSPS) is 17.4. The summed E-state index contributed by atoms with van der Waals surface area (Å²) in [4.78, 5) is 0. The maximum Gasteiger partial charge on any atom is 0.0773 e. The zero-order chi connectivity index (χ0) is 11.7. The van der Waals surface area contributed by atoms with Crippen LogP contribution in [0.1, 0.15) is 39.5 Å². The topological polar surface area (TPSA) is 52.5 Å². The van der Waals surface area contributed by atoms with E-state index in [-0.39, 0.29) is 6.61 Å². The van der Waals surface area contributed by atoms with Gasteiger partial charge in [-0.25, -0.2) is 0 Å². The van der Waals surface area contributed by atoms with Crippen LogP contribution in [-0.4, -0.2) is 36.5 Å². The van der Waals surface area contributed by atoms with Gasteiger partial charge in [0.25, 0.3) is 0 Å². The highest BCUT2D eigenvalue weighted by molar-refractivity contribution is 4.70. The van der Waals surface area contributed by atoms with Gasteiger partial charge >= 0.3 is 0 Å². The molecular formula is C12H27NO2.